The van der Waals surface area contributed by atoms with Crippen LogP contribution < -0.4 is 5.73 Å². The lowest BCUT2D eigenvalue weighted by Crippen LogP contribution is -2.39. The number of likely N-dealkylation sites (N-methyl/N-ethyl adjacent to an activating group) is 1. The molecule has 0 aliphatic rings. The van der Waals surface area contributed by atoms with Gasteiger partial charge in [-0.2, -0.15) is 0 Å². The van der Waals surface area contributed by atoms with Crippen LogP contribution >= 0.6 is 0 Å². The molecule has 0 rings (SSSR count). The normalized spacial score (nSPS) is 11.5. The number of ether oxygens (including phenoxy) is 1. The maximum absolute atomic E-state index is 11.5. The molecule has 0 saturated heterocycles. The number of rotatable bonds is 7. The zero-order valence-electron chi connectivity index (χ0n) is 10.4. The first kappa shape index (κ1) is 14.4. The Labute approximate surface area is 92.8 Å². The van der Waals surface area contributed by atoms with Gasteiger partial charge in [0.15, 0.2) is 0 Å². The standard InChI is InChI=1S/C11H24N2O2/c1-5-6-7-13(4)10(14)8-15-9-11(2,3)12/h5-9,12H2,1-4H3. The molecule has 0 bridgehead atoms. The summed E-state index contributed by atoms with van der Waals surface area (Å²) in [7, 11) is 1.80. The molecule has 90 valence electrons. The van der Waals surface area contributed by atoms with Crippen LogP contribution in [-0.2, 0) is 9.53 Å². The lowest BCUT2D eigenvalue weighted by molar-refractivity contribution is -0.135. The van der Waals surface area contributed by atoms with E-state index in [1.165, 1.54) is 0 Å². The molecular formula is C11H24N2O2. The molecule has 0 aliphatic carbocycles. The number of unbranched alkanes of at least 4 members (excludes halogenated alkanes) is 1. The summed E-state index contributed by atoms with van der Waals surface area (Å²) in [6.07, 6.45) is 2.12. The first-order chi connectivity index (χ1) is 6.87. The summed E-state index contributed by atoms with van der Waals surface area (Å²) in [5.41, 5.74) is 5.36. The van der Waals surface area contributed by atoms with Gasteiger partial charge in [0.1, 0.15) is 6.61 Å². The van der Waals surface area contributed by atoms with E-state index in [2.05, 4.69) is 6.92 Å². The Morgan fingerprint density at radius 3 is 2.53 bits per heavy atom. The summed E-state index contributed by atoms with van der Waals surface area (Å²) in [6.45, 7) is 7.17. The number of hydrogen-bond acceptors (Lipinski definition) is 3. The highest BCUT2D eigenvalue weighted by Gasteiger charge is 2.13. The Balaban J connectivity index is 3.64. The van der Waals surface area contributed by atoms with E-state index in [9.17, 15) is 4.79 Å². The number of carbonyl (C=O) groups is 1. The Kier molecular flexibility index (Phi) is 6.52. The molecule has 15 heavy (non-hydrogen) atoms. The van der Waals surface area contributed by atoms with Crippen molar-refractivity contribution in [3.05, 3.63) is 0 Å². The van der Waals surface area contributed by atoms with E-state index in [1.807, 2.05) is 13.8 Å². The summed E-state index contributed by atoms with van der Waals surface area (Å²) >= 11 is 0. The maximum atomic E-state index is 11.5. The molecule has 0 saturated carbocycles. The van der Waals surface area contributed by atoms with E-state index in [0.717, 1.165) is 19.4 Å². The van der Waals surface area contributed by atoms with Crippen LogP contribution in [0.25, 0.3) is 0 Å². The average molecular weight is 216 g/mol. The summed E-state index contributed by atoms with van der Waals surface area (Å²) in [5, 5.41) is 0. The van der Waals surface area contributed by atoms with Gasteiger partial charge in [0.2, 0.25) is 5.91 Å². The van der Waals surface area contributed by atoms with Crippen LogP contribution in [0.2, 0.25) is 0 Å². The van der Waals surface area contributed by atoms with Crippen molar-refractivity contribution in [1.29, 1.82) is 0 Å². The minimum Gasteiger partial charge on any atom is -0.370 e. The summed E-state index contributed by atoms with van der Waals surface area (Å²) < 4.78 is 5.24. The third kappa shape index (κ3) is 8.39. The van der Waals surface area contributed by atoms with Gasteiger partial charge in [0.25, 0.3) is 0 Å². The Hall–Kier alpha value is -0.610. The van der Waals surface area contributed by atoms with E-state index in [0.29, 0.717) is 6.61 Å². The SMILES string of the molecule is CCCCN(C)C(=O)COCC(C)(C)N. The molecular weight excluding hydrogens is 192 g/mol. The lowest BCUT2D eigenvalue weighted by atomic mass is 10.1. The van der Waals surface area contributed by atoms with Gasteiger partial charge in [-0.25, -0.2) is 0 Å². The van der Waals surface area contributed by atoms with Crippen LogP contribution in [0.1, 0.15) is 33.6 Å². The molecule has 0 aromatic carbocycles. The zero-order valence-corrected chi connectivity index (χ0v) is 10.4. The van der Waals surface area contributed by atoms with E-state index in [-0.39, 0.29) is 18.1 Å². The summed E-state index contributed by atoms with van der Waals surface area (Å²) in [4.78, 5) is 13.2. The number of hydrogen-bond donors (Lipinski definition) is 1. The fourth-order valence-electron chi connectivity index (χ4n) is 1.03. The second-order valence-corrected chi connectivity index (χ2v) is 4.65. The fourth-order valence-corrected chi connectivity index (χ4v) is 1.03. The number of nitrogens with zero attached hydrogens (tertiary/aromatic N) is 1. The first-order valence-electron chi connectivity index (χ1n) is 5.47. The van der Waals surface area contributed by atoms with Crippen molar-refractivity contribution in [2.75, 3.05) is 26.8 Å². The molecule has 0 spiro atoms. The molecule has 0 radical (unpaired) electrons. The summed E-state index contributed by atoms with van der Waals surface area (Å²) in [6, 6.07) is 0. The van der Waals surface area contributed by atoms with Gasteiger partial charge in [0, 0.05) is 19.1 Å². The van der Waals surface area contributed by atoms with Gasteiger partial charge in [-0.1, -0.05) is 13.3 Å². The van der Waals surface area contributed by atoms with Crippen LogP contribution in [0.5, 0.6) is 0 Å². The summed E-state index contributed by atoms with van der Waals surface area (Å²) in [5.74, 6) is 0.0210. The number of nitrogens with two attached hydrogens (primary N) is 1. The molecule has 0 aromatic rings. The molecule has 0 aliphatic heterocycles. The van der Waals surface area contributed by atoms with E-state index in [1.54, 1.807) is 11.9 Å². The first-order valence-corrected chi connectivity index (χ1v) is 5.47. The molecule has 0 unspecified atom stereocenters. The quantitative estimate of drug-likeness (QED) is 0.690. The van der Waals surface area contributed by atoms with Gasteiger partial charge in [-0.05, 0) is 20.3 Å². The van der Waals surface area contributed by atoms with Crippen LogP contribution in [0.3, 0.4) is 0 Å². The largest absolute Gasteiger partial charge is 0.370 e. The van der Waals surface area contributed by atoms with Crippen LogP contribution in [-0.4, -0.2) is 43.2 Å². The molecule has 1 amide bonds. The monoisotopic (exact) mass is 216 g/mol. The van der Waals surface area contributed by atoms with Crippen molar-refractivity contribution in [1.82, 2.24) is 4.90 Å². The molecule has 4 heteroatoms. The van der Waals surface area contributed by atoms with Crippen molar-refractivity contribution in [2.24, 2.45) is 5.73 Å². The molecule has 0 heterocycles. The zero-order chi connectivity index (χ0) is 11.9. The average Bonchev–Trinajstić information content (AvgIpc) is 2.11. The highest BCUT2D eigenvalue weighted by Crippen LogP contribution is 1.98. The lowest BCUT2D eigenvalue weighted by Gasteiger charge is -2.20. The predicted molar refractivity (Wildman–Crippen MR) is 61.6 cm³/mol. The van der Waals surface area contributed by atoms with E-state index in [4.69, 9.17) is 10.5 Å². The van der Waals surface area contributed by atoms with Gasteiger partial charge < -0.3 is 15.4 Å². The van der Waals surface area contributed by atoms with Gasteiger partial charge in [0.05, 0.1) is 6.61 Å². The molecule has 4 nitrogen and oxygen atoms in total. The highest BCUT2D eigenvalue weighted by molar-refractivity contribution is 5.77. The minimum absolute atomic E-state index is 0.0210. The Bertz CT molecular complexity index is 188. The van der Waals surface area contributed by atoms with Crippen molar-refractivity contribution in [3.8, 4) is 0 Å². The van der Waals surface area contributed by atoms with Gasteiger partial charge in [-0.15, -0.1) is 0 Å². The van der Waals surface area contributed by atoms with Crippen LogP contribution in [0.4, 0.5) is 0 Å². The molecule has 0 atom stereocenters. The smallest absolute Gasteiger partial charge is 0.248 e. The third-order valence-electron chi connectivity index (χ3n) is 1.97. The van der Waals surface area contributed by atoms with Crippen molar-refractivity contribution in [3.63, 3.8) is 0 Å². The fraction of sp³-hybridized carbons (Fsp3) is 0.909. The van der Waals surface area contributed by atoms with E-state index < -0.39 is 0 Å². The van der Waals surface area contributed by atoms with Crippen molar-refractivity contribution >= 4 is 5.91 Å². The molecule has 0 aromatic heterocycles. The second kappa shape index (κ2) is 6.80. The third-order valence-corrected chi connectivity index (χ3v) is 1.97. The second-order valence-electron chi connectivity index (χ2n) is 4.65. The van der Waals surface area contributed by atoms with Crippen molar-refractivity contribution in [2.45, 2.75) is 39.2 Å². The Morgan fingerprint density at radius 2 is 2.07 bits per heavy atom. The topological polar surface area (TPSA) is 55.6 Å². The van der Waals surface area contributed by atoms with Crippen LogP contribution in [0.15, 0.2) is 0 Å². The Morgan fingerprint density at radius 1 is 1.47 bits per heavy atom. The van der Waals surface area contributed by atoms with E-state index >= 15 is 0 Å². The maximum Gasteiger partial charge on any atom is 0.248 e. The van der Waals surface area contributed by atoms with Gasteiger partial charge >= 0.3 is 0 Å². The minimum atomic E-state index is -0.373. The highest BCUT2D eigenvalue weighted by atomic mass is 16.5. The van der Waals surface area contributed by atoms with Gasteiger partial charge in [-0.3, -0.25) is 4.79 Å². The number of amides is 1. The van der Waals surface area contributed by atoms with Crippen LogP contribution in [0, 0.1) is 0 Å². The predicted octanol–water partition coefficient (Wildman–Crippen LogP) is 0.999. The van der Waals surface area contributed by atoms with Crippen molar-refractivity contribution < 1.29 is 9.53 Å². The molecule has 0 fully saturated rings. The number of carbonyl (C=O) groups excluding carboxylic acids is 1. The molecule has 2 N–H and O–H groups in total.